The first-order valence-corrected chi connectivity index (χ1v) is 5.56. The Kier molecular flexibility index (Phi) is 2.97. The molecule has 1 atom stereocenters. The molecule has 0 fully saturated rings. The molecule has 0 spiro atoms. The largest absolute Gasteiger partial charge is 0.374 e. The van der Waals surface area contributed by atoms with Crippen molar-refractivity contribution in [1.29, 1.82) is 0 Å². The van der Waals surface area contributed by atoms with Crippen molar-refractivity contribution in [3.63, 3.8) is 0 Å². The van der Waals surface area contributed by atoms with Gasteiger partial charge in [0, 0.05) is 11.6 Å². The van der Waals surface area contributed by atoms with Crippen LogP contribution in [-0.4, -0.2) is 4.98 Å². The molecule has 1 aromatic carbocycles. The second-order valence-corrected chi connectivity index (χ2v) is 4.14. The average Bonchev–Trinajstić information content (AvgIpc) is 2.74. The molecule has 0 amide bonds. The van der Waals surface area contributed by atoms with E-state index in [9.17, 15) is 4.39 Å². The van der Waals surface area contributed by atoms with Crippen LogP contribution in [0.3, 0.4) is 0 Å². The Morgan fingerprint density at radius 2 is 2.20 bits per heavy atom. The van der Waals surface area contributed by atoms with Gasteiger partial charge in [-0.25, -0.2) is 9.37 Å². The monoisotopic (exact) mass is 222 g/mol. The first kappa shape index (κ1) is 10.1. The zero-order valence-corrected chi connectivity index (χ0v) is 9.09. The molecule has 1 aromatic heterocycles. The number of rotatable bonds is 3. The van der Waals surface area contributed by atoms with Gasteiger partial charge in [-0.1, -0.05) is 12.1 Å². The van der Waals surface area contributed by atoms with Crippen LogP contribution in [0.2, 0.25) is 0 Å². The van der Waals surface area contributed by atoms with Crippen molar-refractivity contribution >= 4 is 17.0 Å². The Morgan fingerprint density at radius 3 is 2.87 bits per heavy atom. The van der Waals surface area contributed by atoms with Crippen LogP contribution in [0.15, 0.2) is 35.8 Å². The third-order valence-electron chi connectivity index (χ3n) is 2.07. The Labute approximate surface area is 91.8 Å². The smallest absolute Gasteiger partial charge is 0.146 e. The van der Waals surface area contributed by atoms with Gasteiger partial charge < -0.3 is 5.32 Å². The lowest BCUT2D eigenvalue weighted by molar-refractivity contribution is 0.627. The molecule has 0 aliphatic carbocycles. The Balaban J connectivity index is 2.13. The van der Waals surface area contributed by atoms with Gasteiger partial charge in [-0.2, -0.15) is 0 Å². The van der Waals surface area contributed by atoms with Crippen molar-refractivity contribution in [3.05, 3.63) is 46.7 Å². The normalized spacial score (nSPS) is 12.4. The van der Waals surface area contributed by atoms with Gasteiger partial charge in [0.1, 0.15) is 10.8 Å². The van der Waals surface area contributed by atoms with Gasteiger partial charge in [0.2, 0.25) is 0 Å². The molecule has 4 heteroatoms. The van der Waals surface area contributed by atoms with Gasteiger partial charge in [-0.3, -0.25) is 0 Å². The van der Waals surface area contributed by atoms with Crippen molar-refractivity contribution in [1.82, 2.24) is 4.98 Å². The summed E-state index contributed by atoms with van der Waals surface area (Å²) in [7, 11) is 0. The van der Waals surface area contributed by atoms with Gasteiger partial charge in [0.15, 0.2) is 0 Å². The summed E-state index contributed by atoms with van der Waals surface area (Å²) in [5, 5.41) is 5.95. The highest BCUT2D eigenvalue weighted by atomic mass is 32.1. The number of hydrogen-bond donors (Lipinski definition) is 1. The molecule has 2 rings (SSSR count). The van der Waals surface area contributed by atoms with Gasteiger partial charge in [-0.05, 0) is 19.1 Å². The minimum absolute atomic E-state index is 0.0295. The number of aromatic nitrogens is 1. The maximum absolute atomic E-state index is 13.3. The number of nitrogens with zero attached hydrogens (tertiary/aromatic N) is 1. The van der Waals surface area contributed by atoms with Crippen LogP contribution in [0.1, 0.15) is 18.0 Å². The molecule has 78 valence electrons. The second kappa shape index (κ2) is 4.40. The molecule has 2 nitrogen and oxygen atoms in total. The van der Waals surface area contributed by atoms with Crippen LogP contribution >= 0.6 is 11.3 Å². The number of benzene rings is 1. The molecular formula is C11H11FN2S. The van der Waals surface area contributed by atoms with Crippen molar-refractivity contribution in [3.8, 4) is 0 Å². The fourth-order valence-corrected chi connectivity index (χ4v) is 1.97. The van der Waals surface area contributed by atoms with E-state index in [1.807, 2.05) is 12.3 Å². The highest BCUT2D eigenvalue weighted by molar-refractivity contribution is 7.09. The van der Waals surface area contributed by atoms with Crippen molar-refractivity contribution in [2.45, 2.75) is 13.0 Å². The molecule has 15 heavy (non-hydrogen) atoms. The van der Waals surface area contributed by atoms with Crippen LogP contribution in [-0.2, 0) is 0 Å². The summed E-state index contributed by atoms with van der Waals surface area (Å²) in [5.41, 5.74) is 0.514. The SMILES string of the molecule is CC(Nc1ccccc1F)c1nccs1. The third kappa shape index (κ3) is 2.33. The number of nitrogens with one attached hydrogen (secondary N) is 1. The summed E-state index contributed by atoms with van der Waals surface area (Å²) >= 11 is 1.56. The van der Waals surface area contributed by atoms with E-state index in [1.54, 1.807) is 35.7 Å². The lowest BCUT2D eigenvalue weighted by Crippen LogP contribution is -2.07. The topological polar surface area (TPSA) is 24.9 Å². The summed E-state index contributed by atoms with van der Waals surface area (Å²) in [5.74, 6) is -0.235. The number of anilines is 1. The standard InChI is InChI=1S/C11H11FN2S/c1-8(11-13-6-7-15-11)14-10-5-3-2-4-9(10)12/h2-8,14H,1H3. The molecule has 1 heterocycles. The van der Waals surface area contributed by atoms with E-state index in [2.05, 4.69) is 10.3 Å². The molecule has 1 N–H and O–H groups in total. The average molecular weight is 222 g/mol. The highest BCUT2D eigenvalue weighted by Gasteiger charge is 2.09. The summed E-state index contributed by atoms with van der Waals surface area (Å²) < 4.78 is 13.3. The Bertz CT molecular complexity index is 428. The second-order valence-electron chi connectivity index (χ2n) is 3.22. The van der Waals surface area contributed by atoms with Gasteiger partial charge in [0.25, 0.3) is 0 Å². The summed E-state index contributed by atoms with van der Waals surface area (Å²) in [6.45, 7) is 1.96. The van der Waals surface area contributed by atoms with E-state index in [-0.39, 0.29) is 11.9 Å². The predicted molar refractivity (Wildman–Crippen MR) is 60.6 cm³/mol. The molecule has 0 saturated heterocycles. The van der Waals surface area contributed by atoms with Crippen LogP contribution in [0.5, 0.6) is 0 Å². The number of halogens is 1. The zero-order chi connectivity index (χ0) is 10.7. The molecule has 0 radical (unpaired) electrons. The maximum atomic E-state index is 13.3. The molecule has 0 aliphatic rings. The van der Waals surface area contributed by atoms with Crippen molar-refractivity contribution in [2.24, 2.45) is 0 Å². The van der Waals surface area contributed by atoms with E-state index in [0.717, 1.165) is 5.01 Å². The first-order chi connectivity index (χ1) is 7.27. The zero-order valence-electron chi connectivity index (χ0n) is 8.27. The maximum Gasteiger partial charge on any atom is 0.146 e. The quantitative estimate of drug-likeness (QED) is 0.860. The molecular weight excluding hydrogens is 211 g/mol. The fraction of sp³-hybridized carbons (Fsp3) is 0.182. The van der Waals surface area contributed by atoms with Gasteiger partial charge >= 0.3 is 0 Å². The first-order valence-electron chi connectivity index (χ1n) is 4.68. The van der Waals surface area contributed by atoms with Crippen LogP contribution < -0.4 is 5.32 Å². The van der Waals surface area contributed by atoms with E-state index in [0.29, 0.717) is 5.69 Å². The summed E-state index contributed by atoms with van der Waals surface area (Å²) in [6, 6.07) is 6.67. The van der Waals surface area contributed by atoms with E-state index < -0.39 is 0 Å². The third-order valence-corrected chi connectivity index (χ3v) is 3.03. The number of para-hydroxylation sites is 1. The predicted octanol–water partition coefficient (Wildman–Crippen LogP) is 3.46. The van der Waals surface area contributed by atoms with Gasteiger partial charge in [0.05, 0.1) is 11.7 Å². The number of thiazole rings is 1. The van der Waals surface area contributed by atoms with Crippen molar-refractivity contribution < 1.29 is 4.39 Å². The minimum atomic E-state index is -0.235. The van der Waals surface area contributed by atoms with Crippen molar-refractivity contribution in [2.75, 3.05) is 5.32 Å². The fourth-order valence-electron chi connectivity index (χ4n) is 1.32. The highest BCUT2D eigenvalue weighted by Crippen LogP contribution is 2.22. The molecule has 0 aliphatic heterocycles. The molecule has 2 aromatic rings. The van der Waals surface area contributed by atoms with E-state index >= 15 is 0 Å². The summed E-state index contributed by atoms with van der Waals surface area (Å²) in [6.07, 6.45) is 1.75. The molecule has 0 bridgehead atoms. The minimum Gasteiger partial charge on any atom is -0.374 e. The van der Waals surface area contributed by atoms with E-state index in [1.165, 1.54) is 6.07 Å². The van der Waals surface area contributed by atoms with Gasteiger partial charge in [-0.15, -0.1) is 11.3 Å². The van der Waals surface area contributed by atoms with Crippen LogP contribution in [0, 0.1) is 5.82 Å². The Morgan fingerprint density at radius 1 is 1.40 bits per heavy atom. The number of hydrogen-bond acceptors (Lipinski definition) is 3. The van der Waals surface area contributed by atoms with Crippen LogP contribution in [0.25, 0.3) is 0 Å². The van der Waals surface area contributed by atoms with Crippen LogP contribution in [0.4, 0.5) is 10.1 Å². The Hall–Kier alpha value is -1.42. The van der Waals surface area contributed by atoms with E-state index in [4.69, 9.17) is 0 Å². The molecule has 1 unspecified atom stereocenters. The summed E-state index contributed by atoms with van der Waals surface area (Å²) in [4.78, 5) is 4.18. The lowest BCUT2D eigenvalue weighted by Gasteiger charge is -2.12. The lowest BCUT2D eigenvalue weighted by atomic mass is 10.2. The molecule has 0 saturated carbocycles.